The summed E-state index contributed by atoms with van der Waals surface area (Å²) in [6.07, 6.45) is 1.89. The first kappa shape index (κ1) is 19.3. The van der Waals surface area contributed by atoms with Crippen LogP contribution in [0, 0.1) is 11.6 Å². The highest BCUT2D eigenvalue weighted by molar-refractivity contribution is 7.15. The first-order valence-electron chi connectivity index (χ1n) is 9.40. The van der Waals surface area contributed by atoms with Gasteiger partial charge in [0.15, 0.2) is 10.8 Å². The van der Waals surface area contributed by atoms with Crippen LogP contribution in [0.25, 0.3) is 27.8 Å². The Kier molecular flexibility index (Phi) is 4.70. The van der Waals surface area contributed by atoms with Crippen molar-refractivity contribution in [3.63, 3.8) is 0 Å². The predicted molar refractivity (Wildman–Crippen MR) is 110 cm³/mol. The lowest BCUT2D eigenvalue weighted by molar-refractivity contribution is 0.0962. The summed E-state index contributed by atoms with van der Waals surface area (Å²) >= 11 is 1.39. The third kappa shape index (κ3) is 3.34. The molecule has 2 aromatic carbocycles. The zero-order valence-corrected chi connectivity index (χ0v) is 17.0. The van der Waals surface area contributed by atoms with E-state index in [1.165, 1.54) is 22.3 Å². The van der Waals surface area contributed by atoms with Gasteiger partial charge in [0.2, 0.25) is 0 Å². The van der Waals surface area contributed by atoms with Gasteiger partial charge in [0, 0.05) is 35.5 Å². The van der Waals surface area contributed by atoms with Gasteiger partial charge < -0.3 is 10.1 Å². The van der Waals surface area contributed by atoms with E-state index in [0.29, 0.717) is 40.9 Å². The monoisotopic (exact) mass is 439 g/mol. The quantitative estimate of drug-likeness (QED) is 0.527. The van der Waals surface area contributed by atoms with E-state index in [1.807, 2.05) is 0 Å². The summed E-state index contributed by atoms with van der Waals surface area (Å²) in [5.74, 6) is -0.529. The van der Waals surface area contributed by atoms with E-state index in [1.54, 1.807) is 25.2 Å². The Hall–Kier alpha value is -3.66. The Bertz CT molecular complexity index is 1320. The van der Waals surface area contributed by atoms with E-state index in [4.69, 9.17) is 9.72 Å². The van der Waals surface area contributed by atoms with Crippen molar-refractivity contribution in [2.45, 2.75) is 6.42 Å². The van der Waals surface area contributed by atoms with Gasteiger partial charge in [0.05, 0.1) is 12.3 Å². The maximum Gasteiger partial charge on any atom is 0.251 e. The molecule has 2 aromatic heterocycles. The molecule has 0 saturated heterocycles. The van der Waals surface area contributed by atoms with Crippen LogP contribution < -0.4 is 10.1 Å². The maximum atomic E-state index is 14.3. The molecule has 0 saturated carbocycles. The lowest BCUT2D eigenvalue weighted by Crippen LogP contribution is -2.17. The predicted octanol–water partition coefficient (Wildman–Crippen LogP) is 3.63. The van der Waals surface area contributed by atoms with Crippen LogP contribution in [0.4, 0.5) is 8.78 Å². The Balaban J connectivity index is 1.61. The second-order valence-corrected chi connectivity index (χ2v) is 7.85. The average molecular weight is 439 g/mol. The average Bonchev–Trinajstić information content (AvgIpc) is 3.38. The molecule has 10 heteroatoms. The molecule has 7 nitrogen and oxygen atoms in total. The molecule has 1 amide bonds. The minimum absolute atomic E-state index is 0.0446. The largest absolute Gasteiger partial charge is 0.492 e. The molecule has 31 heavy (non-hydrogen) atoms. The standard InChI is InChI=1S/C21H15F2N5O2S/c1-24-20(29)11-2-4-13-16(8-11)30-7-6-17-18(13)27-21(31-17)19-25-10-26-28(19)15-9-12(22)3-5-14(15)23/h2-5,8-10H,6-7H2,1H3,(H,24,29). The second kappa shape index (κ2) is 7.55. The van der Waals surface area contributed by atoms with Crippen LogP contribution in [0.2, 0.25) is 0 Å². The number of thiazole rings is 1. The van der Waals surface area contributed by atoms with E-state index in [0.717, 1.165) is 28.6 Å². The lowest BCUT2D eigenvalue weighted by atomic mass is 10.1. The van der Waals surface area contributed by atoms with Crippen LogP contribution in [0.3, 0.4) is 0 Å². The Labute approximate surface area is 179 Å². The van der Waals surface area contributed by atoms with Crippen molar-refractivity contribution in [1.29, 1.82) is 0 Å². The number of rotatable bonds is 3. The molecule has 3 heterocycles. The minimum atomic E-state index is -0.619. The Morgan fingerprint density at radius 2 is 2.10 bits per heavy atom. The van der Waals surface area contributed by atoms with Gasteiger partial charge in [0.1, 0.15) is 29.4 Å². The maximum absolute atomic E-state index is 14.3. The van der Waals surface area contributed by atoms with Gasteiger partial charge >= 0.3 is 0 Å². The van der Waals surface area contributed by atoms with E-state index in [2.05, 4.69) is 15.4 Å². The summed E-state index contributed by atoms with van der Waals surface area (Å²) in [6, 6.07) is 8.35. The smallest absolute Gasteiger partial charge is 0.251 e. The van der Waals surface area contributed by atoms with Gasteiger partial charge in [-0.1, -0.05) is 0 Å². The molecule has 0 spiro atoms. The molecular weight excluding hydrogens is 424 g/mol. The number of fused-ring (bicyclic) bond motifs is 3. The number of nitrogens with zero attached hydrogens (tertiary/aromatic N) is 4. The number of halogens is 2. The van der Waals surface area contributed by atoms with Crippen LogP contribution in [0.1, 0.15) is 15.2 Å². The topological polar surface area (TPSA) is 81.9 Å². The number of nitrogens with one attached hydrogen (secondary N) is 1. The fraction of sp³-hybridized carbons (Fsp3) is 0.143. The van der Waals surface area contributed by atoms with Gasteiger partial charge in [-0.2, -0.15) is 5.10 Å². The van der Waals surface area contributed by atoms with Crippen molar-refractivity contribution >= 4 is 17.2 Å². The molecule has 156 valence electrons. The molecular formula is C21H15F2N5O2S. The van der Waals surface area contributed by atoms with Crippen LogP contribution in [0.15, 0.2) is 42.7 Å². The number of carbonyl (C=O) groups is 1. The molecule has 0 fully saturated rings. The van der Waals surface area contributed by atoms with Crippen molar-refractivity contribution in [2.75, 3.05) is 13.7 Å². The highest BCUT2D eigenvalue weighted by Gasteiger charge is 2.24. The van der Waals surface area contributed by atoms with Gasteiger partial charge in [-0.3, -0.25) is 4.79 Å². The van der Waals surface area contributed by atoms with Crippen molar-refractivity contribution in [1.82, 2.24) is 25.1 Å². The van der Waals surface area contributed by atoms with Gasteiger partial charge in [-0.15, -0.1) is 11.3 Å². The van der Waals surface area contributed by atoms with E-state index >= 15 is 0 Å². The van der Waals surface area contributed by atoms with Gasteiger partial charge in [0.25, 0.3) is 5.91 Å². The minimum Gasteiger partial charge on any atom is -0.492 e. The highest BCUT2D eigenvalue weighted by atomic mass is 32.1. The van der Waals surface area contributed by atoms with Gasteiger partial charge in [-0.05, 0) is 30.3 Å². The van der Waals surface area contributed by atoms with Crippen LogP contribution in [-0.4, -0.2) is 39.3 Å². The first-order valence-corrected chi connectivity index (χ1v) is 10.2. The van der Waals surface area contributed by atoms with Crippen LogP contribution in [-0.2, 0) is 6.42 Å². The number of aromatic nitrogens is 4. The number of amides is 1. The number of hydrogen-bond donors (Lipinski definition) is 1. The summed E-state index contributed by atoms with van der Waals surface area (Å²) in [4.78, 5) is 21.9. The third-order valence-corrected chi connectivity index (χ3v) is 6.00. The summed E-state index contributed by atoms with van der Waals surface area (Å²) < 4.78 is 35.1. The molecule has 1 aliphatic rings. The van der Waals surface area contributed by atoms with E-state index in [-0.39, 0.29) is 11.6 Å². The summed E-state index contributed by atoms with van der Waals surface area (Å²) in [6.45, 7) is 0.421. The van der Waals surface area contributed by atoms with Crippen LogP contribution >= 0.6 is 11.3 Å². The molecule has 1 N–H and O–H groups in total. The second-order valence-electron chi connectivity index (χ2n) is 6.77. The number of carbonyl (C=O) groups excluding carboxylic acids is 1. The fourth-order valence-electron chi connectivity index (χ4n) is 3.42. The number of benzene rings is 2. The molecule has 0 radical (unpaired) electrons. The zero-order chi connectivity index (χ0) is 21.5. The Morgan fingerprint density at radius 1 is 1.23 bits per heavy atom. The van der Waals surface area contributed by atoms with Crippen molar-refractivity contribution < 1.29 is 18.3 Å². The summed E-state index contributed by atoms with van der Waals surface area (Å²) in [5.41, 5.74) is 1.91. The SMILES string of the molecule is CNC(=O)c1ccc2c(c1)OCCc1sc(-c3ncnn3-c3cc(F)ccc3F)nc1-2. The van der Waals surface area contributed by atoms with E-state index < -0.39 is 11.6 Å². The number of ether oxygens (including phenoxy) is 1. The molecule has 0 aliphatic carbocycles. The fourth-order valence-corrected chi connectivity index (χ4v) is 4.45. The Morgan fingerprint density at radius 3 is 2.94 bits per heavy atom. The zero-order valence-electron chi connectivity index (χ0n) is 16.2. The summed E-state index contributed by atoms with van der Waals surface area (Å²) in [5, 5.41) is 7.19. The molecule has 5 rings (SSSR count). The molecule has 0 bridgehead atoms. The third-order valence-electron chi connectivity index (χ3n) is 4.89. The normalized spacial score (nSPS) is 12.5. The van der Waals surface area contributed by atoms with E-state index in [9.17, 15) is 13.6 Å². The van der Waals surface area contributed by atoms with Crippen molar-refractivity contribution in [3.8, 4) is 33.5 Å². The highest BCUT2D eigenvalue weighted by Crippen LogP contribution is 2.40. The molecule has 0 atom stereocenters. The van der Waals surface area contributed by atoms with Crippen molar-refractivity contribution in [3.05, 3.63) is 64.8 Å². The number of hydrogen-bond acceptors (Lipinski definition) is 6. The van der Waals surface area contributed by atoms with Crippen molar-refractivity contribution in [2.24, 2.45) is 0 Å². The lowest BCUT2D eigenvalue weighted by Gasteiger charge is -2.09. The first-order chi connectivity index (χ1) is 15.0. The molecule has 1 aliphatic heterocycles. The molecule has 0 unspecified atom stereocenters. The molecule has 4 aromatic rings. The van der Waals surface area contributed by atoms with Gasteiger partial charge in [-0.25, -0.2) is 23.4 Å². The summed E-state index contributed by atoms with van der Waals surface area (Å²) in [7, 11) is 1.57. The van der Waals surface area contributed by atoms with Crippen LogP contribution in [0.5, 0.6) is 5.75 Å².